The van der Waals surface area contributed by atoms with E-state index in [1.54, 1.807) is 12.1 Å². The number of piperazine rings is 1. The topological polar surface area (TPSA) is 26.1 Å². The minimum absolute atomic E-state index is 0.129. The standard InChI is InChI=1S/C10H12FN2/c11-9-3-1-2-8(6-9)10-7-12-4-5-13-10/h1-3,6,10,12H,4-5,7H2. The molecule has 1 atom stereocenters. The second kappa shape index (κ2) is 3.85. The first-order valence-electron chi connectivity index (χ1n) is 4.49. The van der Waals surface area contributed by atoms with Gasteiger partial charge in [-0.15, -0.1) is 0 Å². The molecule has 13 heavy (non-hydrogen) atoms. The third-order valence-electron chi connectivity index (χ3n) is 2.21. The highest BCUT2D eigenvalue weighted by atomic mass is 19.1. The van der Waals surface area contributed by atoms with Crippen LogP contribution < -0.4 is 10.6 Å². The van der Waals surface area contributed by atoms with E-state index in [9.17, 15) is 4.39 Å². The highest BCUT2D eigenvalue weighted by Gasteiger charge is 2.15. The summed E-state index contributed by atoms with van der Waals surface area (Å²) < 4.78 is 12.9. The minimum Gasteiger partial charge on any atom is -0.313 e. The second-order valence-corrected chi connectivity index (χ2v) is 3.18. The number of halogens is 1. The molecule has 1 heterocycles. The van der Waals surface area contributed by atoms with Gasteiger partial charge in [0.1, 0.15) is 5.82 Å². The number of nitrogens with zero attached hydrogens (tertiary/aromatic N) is 1. The number of benzene rings is 1. The Kier molecular flexibility index (Phi) is 2.57. The van der Waals surface area contributed by atoms with E-state index in [0.29, 0.717) is 0 Å². The largest absolute Gasteiger partial charge is 0.313 e. The van der Waals surface area contributed by atoms with Crippen molar-refractivity contribution in [2.75, 3.05) is 19.6 Å². The lowest BCUT2D eigenvalue weighted by Gasteiger charge is -2.22. The molecule has 0 bridgehead atoms. The van der Waals surface area contributed by atoms with E-state index in [4.69, 9.17) is 0 Å². The molecule has 1 N–H and O–H groups in total. The number of hydrogen-bond donors (Lipinski definition) is 1. The molecule has 0 saturated carbocycles. The first kappa shape index (κ1) is 8.66. The second-order valence-electron chi connectivity index (χ2n) is 3.18. The average Bonchev–Trinajstić information content (AvgIpc) is 2.19. The summed E-state index contributed by atoms with van der Waals surface area (Å²) in [5, 5.41) is 7.65. The van der Waals surface area contributed by atoms with Gasteiger partial charge in [0.05, 0.1) is 6.04 Å². The number of rotatable bonds is 1. The summed E-state index contributed by atoms with van der Waals surface area (Å²) in [7, 11) is 0. The van der Waals surface area contributed by atoms with Crippen molar-refractivity contribution in [1.29, 1.82) is 0 Å². The SMILES string of the molecule is Fc1cccc(C2CNCC[N]2)c1. The summed E-state index contributed by atoms with van der Waals surface area (Å²) in [5.41, 5.74) is 0.965. The molecule has 0 aromatic heterocycles. The van der Waals surface area contributed by atoms with Crippen LogP contribution in [0.1, 0.15) is 11.6 Å². The van der Waals surface area contributed by atoms with E-state index < -0.39 is 0 Å². The Balaban J connectivity index is 2.14. The molecule has 1 radical (unpaired) electrons. The maximum atomic E-state index is 12.9. The lowest BCUT2D eigenvalue weighted by Crippen LogP contribution is -2.38. The molecule has 1 fully saturated rings. The molecule has 2 nitrogen and oxygen atoms in total. The van der Waals surface area contributed by atoms with Gasteiger partial charge < -0.3 is 5.32 Å². The Bertz CT molecular complexity index is 282. The Morgan fingerprint density at radius 3 is 3.08 bits per heavy atom. The van der Waals surface area contributed by atoms with Gasteiger partial charge >= 0.3 is 0 Å². The van der Waals surface area contributed by atoms with Crippen LogP contribution in [-0.2, 0) is 0 Å². The summed E-state index contributed by atoms with van der Waals surface area (Å²) in [6, 6.07) is 6.80. The maximum Gasteiger partial charge on any atom is 0.123 e. The molecule has 1 aliphatic heterocycles. The van der Waals surface area contributed by atoms with Crippen LogP contribution in [-0.4, -0.2) is 19.6 Å². The minimum atomic E-state index is -0.182. The molecule has 1 aliphatic rings. The summed E-state index contributed by atoms with van der Waals surface area (Å²) in [6.07, 6.45) is 0. The highest BCUT2D eigenvalue weighted by Crippen LogP contribution is 2.15. The van der Waals surface area contributed by atoms with E-state index in [2.05, 4.69) is 10.6 Å². The van der Waals surface area contributed by atoms with Crippen LogP contribution in [0.3, 0.4) is 0 Å². The van der Waals surface area contributed by atoms with Gasteiger partial charge in [0, 0.05) is 19.6 Å². The zero-order valence-corrected chi connectivity index (χ0v) is 7.33. The van der Waals surface area contributed by atoms with Crippen molar-refractivity contribution in [3.63, 3.8) is 0 Å². The van der Waals surface area contributed by atoms with Crippen LogP contribution in [0.25, 0.3) is 0 Å². The Hall–Kier alpha value is -0.930. The molecule has 69 valence electrons. The third kappa shape index (κ3) is 2.05. The van der Waals surface area contributed by atoms with Crippen molar-refractivity contribution in [2.45, 2.75) is 6.04 Å². The van der Waals surface area contributed by atoms with Crippen molar-refractivity contribution < 1.29 is 4.39 Å². The molecule has 1 saturated heterocycles. The van der Waals surface area contributed by atoms with Crippen molar-refractivity contribution in [1.82, 2.24) is 10.6 Å². The van der Waals surface area contributed by atoms with Gasteiger partial charge in [-0.3, -0.25) is 0 Å². The van der Waals surface area contributed by atoms with Crippen molar-refractivity contribution in [3.8, 4) is 0 Å². The molecule has 1 aromatic carbocycles. The first-order chi connectivity index (χ1) is 6.36. The summed E-state index contributed by atoms with van der Waals surface area (Å²) in [4.78, 5) is 0. The van der Waals surface area contributed by atoms with Crippen molar-refractivity contribution in [3.05, 3.63) is 35.6 Å². The fourth-order valence-corrected chi connectivity index (χ4v) is 1.54. The molecule has 1 aromatic rings. The van der Waals surface area contributed by atoms with Crippen molar-refractivity contribution in [2.24, 2.45) is 0 Å². The lowest BCUT2D eigenvalue weighted by atomic mass is 10.1. The van der Waals surface area contributed by atoms with E-state index in [-0.39, 0.29) is 11.9 Å². The quantitative estimate of drug-likeness (QED) is 0.685. The summed E-state index contributed by atoms with van der Waals surface area (Å²) in [6.45, 7) is 2.58. The van der Waals surface area contributed by atoms with E-state index in [0.717, 1.165) is 25.2 Å². The van der Waals surface area contributed by atoms with Crippen LogP contribution >= 0.6 is 0 Å². The Labute approximate surface area is 77.2 Å². The molecule has 0 spiro atoms. The zero-order chi connectivity index (χ0) is 9.10. The molecule has 2 rings (SSSR count). The van der Waals surface area contributed by atoms with Gasteiger partial charge in [-0.2, -0.15) is 0 Å². The molecular formula is C10H12FN2. The van der Waals surface area contributed by atoms with Gasteiger partial charge in [-0.05, 0) is 17.7 Å². The van der Waals surface area contributed by atoms with Crippen molar-refractivity contribution >= 4 is 0 Å². The Morgan fingerprint density at radius 1 is 1.46 bits per heavy atom. The maximum absolute atomic E-state index is 12.9. The highest BCUT2D eigenvalue weighted by molar-refractivity contribution is 5.20. The molecule has 1 unspecified atom stereocenters. The van der Waals surface area contributed by atoms with Crippen LogP contribution in [0.2, 0.25) is 0 Å². The predicted molar refractivity (Wildman–Crippen MR) is 49.0 cm³/mol. The monoisotopic (exact) mass is 179 g/mol. The van der Waals surface area contributed by atoms with E-state index in [1.807, 2.05) is 6.07 Å². The van der Waals surface area contributed by atoms with Crippen LogP contribution in [0.5, 0.6) is 0 Å². The molecule has 3 heteroatoms. The van der Waals surface area contributed by atoms with Gasteiger partial charge in [0.25, 0.3) is 0 Å². The third-order valence-corrected chi connectivity index (χ3v) is 2.21. The zero-order valence-electron chi connectivity index (χ0n) is 7.33. The first-order valence-corrected chi connectivity index (χ1v) is 4.49. The summed E-state index contributed by atoms with van der Waals surface area (Å²) >= 11 is 0. The van der Waals surface area contributed by atoms with Crippen LogP contribution in [0, 0.1) is 5.82 Å². The van der Waals surface area contributed by atoms with Gasteiger partial charge in [-0.1, -0.05) is 12.1 Å². The fourth-order valence-electron chi connectivity index (χ4n) is 1.54. The molecule has 0 amide bonds. The molecule has 0 aliphatic carbocycles. The van der Waals surface area contributed by atoms with Gasteiger partial charge in [0.2, 0.25) is 0 Å². The summed E-state index contributed by atoms with van der Waals surface area (Å²) in [5.74, 6) is -0.182. The van der Waals surface area contributed by atoms with Gasteiger partial charge in [0.15, 0.2) is 0 Å². The Morgan fingerprint density at radius 2 is 2.38 bits per heavy atom. The van der Waals surface area contributed by atoms with E-state index in [1.165, 1.54) is 6.07 Å². The van der Waals surface area contributed by atoms with E-state index >= 15 is 0 Å². The van der Waals surface area contributed by atoms with Crippen LogP contribution in [0.4, 0.5) is 4.39 Å². The normalized spacial score (nSPS) is 23.0. The number of nitrogens with one attached hydrogen (secondary N) is 1. The lowest BCUT2D eigenvalue weighted by molar-refractivity contribution is 0.420. The smallest absolute Gasteiger partial charge is 0.123 e. The van der Waals surface area contributed by atoms with Crippen LogP contribution in [0.15, 0.2) is 24.3 Å². The molecular weight excluding hydrogens is 167 g/mol. The predicted octanol–water partition coefficient (Wildman–Crippen LogP) is 1.07. The van der Waals surface area contributed by atoms with Gasteiger partial charge in [-0.25, -0.2) is 9.71 Å². The number of hydrogen-bond acceptors (Lipinski definition) is 1. The fraction of sp³-hybridized carbons (Fsp3) is 0.400. The average molecular weight is 179 g/mol.